The van der Waals surface area contributed by atoms with Gasteiger partial charge in [0.15, 0.2) is 0 Å². The van der Waals surface area contributed by atoms with Gasteiger partial charge in [0.05, 0.1) is 5.69 Å². The Hall–Kier alpha value is -1.40. The minimum absolute atomic E-state index is 0.0177. The van der Waals surface area contributed by atoms with Crippen LogP contribution in [0.3, 0.4) is 0 Å². The van der Waals surface area contributed by atoms with E-state index >= 15 is 0 Å². The molecule has 0 aromatic carbocycles. The summed E-state index contributed by atoms with van der Waals surface area (Å²) in [6, 6.07) is 1.83. The van der Waals surface area contributed by atoms with Gasteiger partial charge in [-0.3, -0.25) is 9.48 Å². The summed E-state index contributed by atoms with van der Waals surface area (Å²) in [7, 11) is 1.80. The number of hydrogen-bond acceptors (Lipinski definition) is 4. The molecule has 1 amide bonds. The Balaban J connectivity index is 2.08. The van der Waals surface area contributed by atoms with Gasteiger partial charge >= 0.3 is 0 Å². The van der Waals surface area contributed by atoms with E-state index in [1.165, 1.54) is 0 Å². The highest BCUT2D eigenvalue weighted by Crippen LogP contribution is 2.21. The van der Waals surface area contributed by atoms with E-state index in [1.807, 2.05) is 6.07 Å². The lowest BCUT2D eigenvalue weighted by Gasteiger charge is -2.15. The van der Waals surface area contributed by atoms with Gasteiger partial charge in [0, 0.05) is 32.8 Å². The third-order valence-electron chi connectivity index (χ3n) is 4.05. The Morgan fingerprint density at radius 3 is 2.86 bits per heavy atom. The Labute approximate surface area is 125 Å². The molecule has 2 atom stereocenters. The third-order valence-corrected chi connectivity index (χ3v) is 4.05. The fourth-order valence-corrected chi connectivity index (χ4v) is 2.94. The summed E-state index contributed by atoms with van der Waals surface area (Å²) in [5, 5.41) is 13.5. The van der Waals surface area contributed by atoms with Crippen LogP contribution in [0, 0.1) is 11.8 Å². The number of amides is 1. The molecule has 118 valence electrons. The number of nitrogens with two attached hydrogens (primary N) is 1. The van der Waals surface area contributed by atoms with E-state index in [4.69, 9.17) is 10.8 Å². The van der Waals surface area contributed by atoms with Crippen molar-refractivity contribution >= 4 is 5.91 Å². The number of rotatable bonds is 5. The second-order valence-electron chi connectivity index (χ2n) is 6.39. The van der Waals surface area contributed by atoms with Gasteiger partial charge in [0.2, 0.25) is 0 Å². The van der Waals surface area contributed by atoms with Crippen LogP contribution < -0.4 is 5.73 Å². The van der Waals surface area contributed by atoms with Crippen molar-refractivity contribution in [1.82, 2.24) is 14.7 Å². The number of carbonyl (C=O) groups is 1. The molecule has 6 nitrogen and oxygen atoms in total. The second kappa shape index (κ2) is 6.58. The zero-order valence-electron chi connectivity index (χ0n) is 13.1. The maximum Gasteiger partial charge on any atom is 0.272 e. The largest absolute Gasteiger partial charge is 0.396 e. The van der Waals surface area contributed by atoms with Gasteiger partial charge in [-0.1, -0.05) is 13.8 Å². The molecule has 1 aliphatic heterocycles. The molecule has 2 rings (SSSR count). The average Bonchev–Trinajstić information content (AvgIpc) is 2.93. The molecule has 0 saturated carbocycles. The molecule has 0 unspecified atom stereocenters. The van der Waals surface area contributed by atoms with Crippen LogP contribution in [-0.4, -0.2) is 51.4 Å². The predicted molar refractivity (Wildman–Crippen MR) is 80.8 cm³/mol. The highest BCUT2D eigenvalue weighted by molar-refractivity contribution is 5.93. The summed E-state index contributed by atoms with van der Waals surface area (Å²) in [6.07, 6.45) is 1.52. The van der Waals surface area contributed by atoms with E-state index in [1.54, 1.807) is 16.6 Å². The zero-order chi connectivity index (χ0) is 15.6. The summed E-state index contributed by atoms with van der Waals surface area (Å²) in [5.74, 6) is 0.676. The molecule has 21 heavy (non-hydrogen) atoms. The normalized spacial score (nSPS) is 22.3. The minimum atomic E-state index is -0.0514. The SMILES string of the molecule is CC(C)Cc1cc(C(=O)N2C[C@H](CCO)[C@@H](N)C2)n(C)n1. The summed E-state index contributed by atoms with van der Waals surface area (Å²) in [4.78, 5) is 14.4. The van der Waals surface area contributed by atoms with Crippen LogP contribution in [0.15, 0.2) is 6.07 Å². The molecule has 0 radical (unpaired) electrons. The number of aliphatic hydroxyl groups is 1. The monoisotopic (exact) mass is 294 g/mol. The summed E-state index contributed by atoms with van der Waals surface area (Å²) >= 11 is 0. The number of aromatic nitrogens is 2. The first-order chi connectivity index (χ1) is 9.92. The van der Waals surface area contributed by atoms with Gasteiger partial charge in [-0.05, 0) is 30.7 Å². The van der Waals surface area contributed by atoms with Gasteiger partial charge < -0.3 is 15.7 Å². The molecule has 1 fully saturated rings. The Kier molecular flexibility index (Phi) is 5.00. The van der Waals surface area contributed by atoms with E-state index in [2.05, 4.69) is 18.9 Å². The first-order valence-electron chi connectivity index (χ1n) is 7.61. The molecular weight excluding hydrogens is 268 g/mol. The fraction of sp³-hybridized carbons (Fsp3) is 0.733. The molecule has 1 aromatic rings. The van der Waals surface area contributed by atoms with Crippen LogP contribution in [-0.2, 0) is 13.5 Å². The third kappa shape index (κ3) is 3.63. The summed E-state index contributed by atoms with van der Waals surface area (Å²) < 4.78 is 1.66. The topological polar surface area (TPSA) is 84.4 Å². The van der Waals surface area contributed by atoms with E-state index in [-0.39, 0.29) is 24.5 Å². The smallest absolute Gasteiger partial charge is 0.272 e. The summed E-state index contributed by atoms with van der Waals surface area (Å²) in [5.41, 5.74) is 7.62. The van der Waals surface area contributed by atoms with Crippen LogP contribution in [0.1, 0.15) is 36.5 Å². The van der Waals surface area contributed by atoms with E-state index in [9.17, 15) is 4.79 Å². The molecule has 0 aliphatic carbocycles. The Morgan fingerprint density at radius 1 is 1.52 bits per heavy atom. The van der Waals surface area contributed by atoms with E-state index in [0.29, 0.717) is 31.1 Å². The van der Waals surface area contributed by atoms with Crippen molar-refractivity contribution in [1.29, 1.82) is 0 Å². The van der Waals surface area contributed by atoms with Crippen molar-refractivity contribution in [2.75, 3.05) is 19.7 Å². The average molecular weight is 294 g/mol. The van der Waals surface area contributed by atoms with Crippen LogP contribution in [0.4, 0.5) is 0 Å². The van der Waals surface area contributed by atoms with E-state index < -0.39 is 0 Å². The molecule has 1 aromatic heterocycles. The number of nitrogens with zero attached hydrogens (tertiary/aromatic N) is 3. The minimum Gasteiger partial charge on any atom is -0.396 e. The number of aliphatic hydroxyl groups excluding tert-OH is 1. The highest BCUT2D eigenvalue weighted by Gasteiger charge is 2.33. The molecule has 1 aliphatic rings. The molecular formula is C15H26N4O2. The first-order valence-corrected chi connectivity index (χ1v) is 7.61. The van der Waals surface area contributed by atoms with Crippen LogP contribution in [0.5, 0.6) is 0 Å². The molecule has 3 N–H and O–H groups in total. The number of carbonyl (C=O) groups excluding carboxylic acids is 1. The zero-order valence-corrected chi connectivity index (χ0v) is 13.1. The van der Waals surface area contributed by atoms with Crippen LogP contribution in [0.2, 0.25) is 0 Å². The van der Waals surface area contributed by atoms with E-state index in [0.717, 1.165) is 12.1 Å². The predicted octanol–water partition coefficient (Wildman–Crippen LogP) is 0.400. The molecule has 0 spiro atoms. The Morgan fingerprint density at radius 2 is 2.24 bits per heavy atom. The first kappa shape index (κ1) is 16.0. The number of hydrogen-bond donors (Lipinski definition) is 2. The maximum absolute atomic E-state index is 12.6. The van der Waals surface area contributed by atoms with Crippen LogP contribution >= 0.6 is 0 Å². The molecule has 2 heterocycles. The van der Waals surface area contributed by atoms with Crippen molar-refractivity contribution in [3.05, 3.63) is 17.5 Å². The lowest BCUT2D eigenvalue weighted by atomic mass is 10.0. The second-order valence-corrected chi connectivity index (χ2v) is 6.39. The van der Waals surface area contributed by atoms with Crippen LogP contribution in [0.25, 0.3) is 0 Å². The van der Waals surface area contributed by atoms with Crippen molar-refractivity contribution in [2.45, 2.75) is 32.7 Å². The van der Waals surface area contributed by atoms with Gasteiger partial charge in [0.1, 0.15) is 5.69 Å². The van der Waals surface area contributed by atoms with Gasteiger partial charge in [-0.15, -0.1) is 0 Å². The van der Waals surface area contributed by atoms with Gasteiger partial charge in [0.25, 0.3) is 5.91 Å². The van der Waals surface area contributed by atoms with Gasteiger partial charge in [-0.25, -0.2) is 0 Å². The maximum atomic E-state index is 12.6. The Bertz CT molecular complexity index is 498. The van der Waals surface area contributed by atoms with Gasteiger partial charge in [-0.2, -0.15) is 5.10 Å². The van der Waals surface area contributed by atoms with Crippen molar-refractivity contribution in [3.63, 3.8) is 0 Å². The standard InChI is InChI=1S/C15H26N4O2/c1-10(2)6-12-7-14(18(3)17-12)15(21)19-8-11(4-5-20)13(16)9-19/h7,10-11,13,20H,4-6,8-9,16H2,1-3H3/t11-,13-/m0/s1. The lowest BCUT2D eigenvalue weighted by molar-refractivity contribution is 0.0773. The molecule has 6 heteroatoms. The van der Waals surface area contributed by atoms with Crippen molar-refractivity contribution in [2.24, 2.45) is 24.6 Å². The lowest BCUT2D eigenvalue weighted by Crippen LogP contribution is -2.33. The highest BCUT2D eigenvalue weighted by atomic mass is 16.3. The molecule has 1 saturated heterocycles. The van der Waals surface area contributed by atoms with Crippen molar-refractivity contribution in [3.8, 4) is 0 Å². The fourth-order valence-electron chi connectivity index (χ4n) is 2.94. The summed E-state index contributed by atoms with van der Waals surface area (Å²) in [6.45, 7) is 5.55. The van der Waals surface area contributed by atoms with Crippen molar-refractivity contribution < 1.29 is 9.90 Å². The number of likely N-dealkylation sites (tertiary alicyclic amines) is 1. The number of aryl methyl sites for hydroxylation is 1. The quantitative estimate of drug-likeness (QED) is 0.823. The molecule has 0 bridgehead atoms.